The van der Waals surface area contributed by atoms with E-state index < -0.39 is 0 Å². The number of hydrogen-bond acceptors (Lipinski definition) is 4. The number of halogens is 1. The Balaban J connectivity index is 1.77. The summed E-state index contributed by atoms with van der Waals surface area (Å²) in [5.74, 6) is 1.94. The quantitative estimate of drug-likeness (QED) is 0.397. The maximum absolute atomic E-state index is 11.5. The van der Waals surface area contributed by atoms with Crippen LogP contribution in [0.15, 0.2) is 53.5 Å². The van der Waals surface area contributed by atoms with Crippen molar-refractivity contribution < 1.29 is 14.3 Å². The molecule has 0 aromatic heterocycles. The highest BCUT2D eigenvalue weighted by Gasteiger charge is 2.07. The summed E-state index contributed by atoms with van der Waals surface area (Å²) in [6.07, 6.45) is -0.0595. The molecule has 162 valence electrons. The molecule has 2 rings (SSSR count). The molecule has 0 aliphatic heterocycles. The molecule has 0 radical (unpaired) electrons. The summed E-state index contributed by atoms with van der Waals surface area (Å²) in [7, 11) is 1.71. The lowest BCUT2D eigenvalue weighted by molar-refractivity contribution is -0.122. The van der Waals surface area contributed by atoms with Gasteiger partial charge in [-0.05, 0) is 55.8 Å². The van der Waals surface area contributed by atoms with E-state index in [2.05, 4.69) is 20.9 Å². The van der Waals surface area contributed by atoms with Crippen molar-refractivity contribution in [2.45, 2.75) is 26.5 Å². The summed E-state index contributed by atoms with van der Waals surface area (Å²) in [4.78, 5) is 15.8. The summed E-state index contributed by atoms with van der Waals surface area (Å²) in [6.45, 7) is 5.57. The number of carbonyl (C=O) groups excluding carboxylic acids is 1. The molecule has 0 aliphatic rings. The number of carbonyl (C=O) groups is 1. The van der Waals surface area contributed by atoms with E-state index in [1.54, 1.807) is 19.2 Å². The van der Waals surface area contributed by atoms with Gasteiger partial charge in [0.15, 0.2) is 12.6 Å². The van der Waals surface area contributed by atoms with Crippen LogP contribution in [0.1, 0.15) is 19.4 Å². The molecule has 2 aromatic carbocycles. The first-order valence-corrected chi connectivity index (χ1v) is 10.2. The Bertz CT molecular complexity index is 827. The van der Waals surface area contributed by atoms with E-state index in [9.17, 15) is 4.79 Å². The molecule has 7 nitrogen and oxygen atoms in total. The van der Waals surface area contributed by atoms with Crippen molar-refractivity contribution in [2.24, 2.45) is 4.99 Å². The zero-order chi connectivity index (χ0) is 21.8. The molecule has 0 saturated heterocycles. The van der Waals surface area contributed by atoms with Crippen molar-refractivity contribution in [2.75, 3.05) is 26.7 Å². The van der Waals surface area contributed by atoms with Gasteiger partial charge in [-0.25, -0.2) is 0 Å². The second kappa shape index (κ2) is 12.6. The zero-order valence-electron chi connectivity index (χ0n) is 17.6. The van der Waals surface area contributed by atoms with Gasteiger partial charge in [0.05, 0.1) is 6.54 Å². The van der Waals surface area contributed by atoms with E-state index in [4.69, 9.17) is 21.1 Å². The summed E-state index contributed by atoms with van der Waals surface area (Å²) < 4.78 is 11.4. The fourth-order valence-corrected chi connectivity index (χ4v) is 2.70. The number of benzene rings is 2. The first-order chi connectivity index (χ1) is 14.5. The van der Waals surface area contributed by atoms with Gasteiger partial charge in [0, 0.05) is 25.2 Å². The molecule has 8 heteroatoms. The van der Waals surface area contributed by atoms with Crippen LogP contribution in [0.4, 0.5) is 0 Å². The van der Waals surface area contributed by atoms with Crippen LogP contribution < -0.4 is 25.4 Å². The predicted molar refractivity (Wildman–Crippen MR) is 120 cm³/mol. The van der Waals surface area contributed by atoms with Crippen LogP contribution in [0.2, 0.25) is 5.02 Å². The third kappa shape index (κ3) is 8.61. The van der Waals surface area contributed by atoms with E-state index in [0.717, 1.165) is 11.3 Å². The molecule has 0 fully saturated rings. The number of amides is 1. The Kier molecular flexibility index (Phi) is 9.80. The molecule has 1 amide bonds. The topological polar surface area (TPSA) is 84.0 Å². The first-order valence-electron chi connectivity index (χ1n) is 9.85. The summed E-state index contributed by atoms with van der Waals surface area (Å²) in [5, 5.41) is 9.88. The van der Waals surface area contributed by atoms with E-state index in [1.165, 1.54) is 0 Å². The van der Waals surface area contributed by atoms with Crippen LogP contribution in [0.5, 0.6) is 11.5 Å². The molecule has 1 unspecified atom stereocenters. The monoisotopic (exact) mass is 432 g/mol. The number of guanidine groups is 1. The average Bonchev–Trinajstić information content (AvgIpc) is 2.74. The van der Waals surface area contributed by atoms with Crippen molar-refractivity contribution in [3.63, 3.8) is 0 Å². The highest BCUT2D eigenvalue weighted by atomic mass is 35.5. The maximum atomic E-state index is 11.5. The Hall–Kier alpha value is -2.93. The Morgan fingerprint density at radius 2 is 1.87 bits per heavy atom. The number of nitrogens with one attached hydrogen (secondary N) is 3. The molecule has 0 saturated carbocycles. The number of hydrogen-bond donors (Lipinski definition) is 3. The number of rotatable bonds is 10. The normalized spacial score (nSPS) is 12.1. The van der Waals surface area contributed by atoms with Crippen molar-refractivity contribution in [1.29, 1.82) is 0 Å². The zero-order valence-corrected chi connectivity index (χ0v) is 18.3. The van der Waals surface area contributed by atoms with E-state index in [0.29, 0.717) is 36.4 Å². The minimum Gasteiger partial charge on any atom is -0.489 e. The second-order valence-electron chi connectivity index (χ2n) is 6.58. The van der Waals surface area contributed by atoms with Gasteiger partial charge in [-0.1, -0.05) is 23.7 Å². The van der Waals surface area contributed by atoms with Gasteiger partial charge >= 0.3 is 0 Å². The Morgan fingerprint density at radius 1 is 1.10 bits per heavy atom. The third-order valence-electron chi connectivity index (χ3n) is 4.03. The number of nitrogens with zero attached hydrogens (tertiary/aromatic N) is 1. The largest absolute Gasteiger partial charge is 0.489 e. The van der Waals surface area contributed by atoms with Crippen molar-refractivity contribution in [1.82, 2.24) is 16.0 Å². The molecule has 3 N–H and O–H groups in total. The molecule has 1 atom stereocenters. The molecule has 0 heterocycles. The Morgan fingerprint density at radius 3 is 2.57 bits per heavy atom. The fraction of sp³-hybridized carbons (Fsp3) is 0.364. The van der Waals surface area contributed by atoms with Crippen LogP contribution in [0.25, 0.3) is 0 Å². The van der Waals surface area contributed by atoms with Gasteiger partial charge in [0.1, 0.15) is 17.6 Å². The van der Waals surface area contributed by atoms with E-state index in [1.807, 2.05) is 50.2 Å². The van der Waals surface area contributed by atoms with Gasteiger partial charge < -0.3 is 25.4 Å². The van der Waals surface area contributed by atoms with Crippen LogP contribution >= 0.6 is 11.6 Å². The lowest BCUT2D eigenvalue weighted by Crippen LogP contribution is -2.41. The van der Waals surface area contributed by atoms with Crippen LogP contribution in [0, 0.1) is 0 Å². The molecule has 0 spiro atoms. The second-order valence-corrected chi connectivity index (χ2v) is 7.02. The van der Waals surface area contributed by atoms with Gasteiger partial charge in [-0.3, -0.25) is 9.79 Å². The van der Waals surface area contributed by atoms with Crippen molar-refractivity contribution in [3.8, 4) is 11.5 Å². The van der Waals surface area contributed by atoms with Gasteiger partial charge in [0.2, 0.25) is 0 Å². The minimum absolute atomic E-state index is 0.000542. The third-order valence-corrected chi connectivity index (χ3v) is 4.29. The lowest BCUT2D eigenvalue weighted by atomic mass is 10.2. The molecule has 0 aliphatic carbocycles. The molecule has 2 aromatic rings. The Labute approximate surface area is 182 Å². The number of aliphatic imine (C=N–C) groups is 1. The molecule has 30 heavy (non-hydrogen) atoms. The minimum atomic E-state index is -0.138. The molecular formula is C22H29ClN4O3. The standard InChI is InChI=1S/C22H29ClN4O3/c1-4-25-21(28)15-29-20-7-5-6-17(12-20)14-27-22(24-3)26-13-16(2)30-19-10-8-18(23)9-11-19/h5-12,16H,4,13-15H2,1-3H3,(H,25,28)(H2,24,26,27). The van der Waals surface area contributed by atoms with Gasteiger partial charge in [-0.15, -0.1) is 0 Å². The fourth-order valence-electron chi connectivity index (χ4n) is 2.58. The predicted octanol–water partition coefficient (Wildman–Crippen LogP) is 2.99. The van der Waals surface area contributed by atoms with Gasteiger partial charge in [-0.2, -0.15) is 0 Å². The van der Waals surface area contributed by atoms with E-state index in [-0.39, 0.29) is 18.6 Å². The van der Waals surface area contributed by atoms with E-state index >= 15 is 0 Å². The van der Waals surface area contributed by atoms with Gasteiger partial charge in [0.25, 0.3) is 5.91 Å². The number of likely N-dealkylation sites (N-methyl/N-ethyl adjacent to an activating group) is 1. The highest BCUT2D eigenvalue weighted by molar-refractivity contribution is 6.30. The SMILES string of the molecule is CCNC(=O)COc1cccc(CNC(=NC)NCC(C)Oc2ccc(Cl)cc2)c1. The van der Waals surface area contributed by atoms with Crippen LogP contribution in [-0.2, 0) is 11.3 Å². The maximum Gasteiger partial charge on any atom is 0.257 e. The van der Waals surface area contributed by atoms with Crippen molar-refractivity contribution >= 4 is 23.5 Å². The first kappa shape index (κ1) is 23.3. The number of ether oxygens (including phenoxy) is 2. The smallest absolute Gasteiger partial charge is 0.257 e. The lowest BCUT2D eigenvalue weighted by Gasteiger charge is -2.18. The van der Waals surface area contributed by atoms with Crippen LogP contribution in [-0.4, -0.2) is 44.7 Å². The molecule has 0 bridgehead atoms. The van der Waals surface area contributed by atoms with Crippen molar-refractivity contribution in [3.05, 3.63) is 59.1 Å². The summed E-state index contributed by atoms with van der Waals surface area (Å²) >= 11 is 5.89. The summed E-state index contributed by atoms with van der Waals surface area (Å²) in [6, 6.07) is 14.9. The molecular weight excluding hydrogens is 404 g/mol. The summed E-state index contributed by atoms with van der Waals surface area (Å²) in [5.41, 5.74) is 1.01. The van der Waals surface area contributed by atoms with Crippen LogP contribution in [0.3, 0.4) is 0 Å². The average molecular weight is 433 g/mol. The highest BCUT2D eigenvalue weighted by Crippen LogP contribution is 2.16.